The van der Waals surface area contributed by atoms with Crippen molar-refractivity contribution in [3.8, 4) is 5.75 Å². The number of methoxy groups -OCH3 is 1. The van der Waals surface area contributed by atoms with E-state index in [9.17, 15) is 0 Å². The molecule has 0 aromatic heterocycles. The molecule has 1 fully saturated rings. The van der Waals surface area contributed by atoms with Crippen LogP contribution in [-0.2, 0) is 6.54 Å². The standard InChI is InChI=1S/C15H23N3O.HI/c1-16-15(17-9-8-12-6-7-12)18-11-13-4-3-5-14(10-13)19-2;/h3-5,10,12H,6-9,11H2,1-2H3,(H2,16,17,18);1H. The number of benzene rings is 1. The van der Waals surface area contributed by atoms with E-state index in [1.807, 2.05) is 18.2 Å². The van der Waals surface area contributed by atoms with Crippen LogP contribution in [0.25, 0.3) is 0 Å². The number of hydrogen-bond acceptors (Lipinski definition) is 2. The summed E-state index contributed by atoms with van der Waals surface area (Å²) in [6.07, 6.45) is 4.05. The quantitative estimate of drug-likeness (QED) is 0.447. The van der Waals surface area contributed by atoms with Crippen molar-refractivity contribution in [3.05, 3.63) is 29.8 Å². The minimum absolute atomic E-state index is 0. The number of ether oxygens (including phenoxy) is 1. The van der Waals surface area contributed by atoms with Crippen LogP contribution in [0, 0.1) is 5.92 Å². The van der Waals surface area contributed by atoms with Gasteiger partial charge in [0.2, 0.25) is 0 Å². The predicted molar refractivity (Wildman–Crippen MR) is 94.0 cm³/mol. The van der Waals surface area contributed by atoms with Gasteiger partial charge < -0.3 is 15.4 Å². The van der Waals surface area contributed by atoms with Crippen LogP contribution in [0.15, 0.2) is 29.3 Å². The van der Waals surface area contributed by atoms with Gasteiger partial charge in [-0.3, -0.25) is 4.99 Å². The molecule has 0 bridgehead atoms. The fraction of sp³-hybridized carbons (Fsp3) is 0.533. The van der Waals surface area contributed by atoms with Crippen molar-refractivity contribution in [1.29, 1.82) is 0 Å². The maximum Gasteiger partial charge on any atom is 0.191 e. The minimum atomic E-state index is 0. The third-order valence-electron chi connectivity index (χ3n) is 3.36. The Balaban J connectivity index is 0.00000200. The molecule has 0 saturated heterocycles. The van der Waals surface area contributed by atoms with E-state index in [-0.39, 0.29) is 24.0 Å². The van der Waals surface area contributed by atoms with E-state index in [0.717, 1.165) is 30.7 Å². The van der Waals surface area contributed by atoms with E-state index in [4.69, 9.17) is 4.74 Å². The second-order valence-electron chi connectivity index (χ2n) is 4.94. The molecule has 1 saturated carbocycles. The van der Waals surface area contributed by atoms with Crippen LogP contribution in [0.1, 0.15) is 24.8 Å². The van der Waals surface area contributed by atoms with E-state index in [2.05, 4.69) is 21.7 Å². The van der Waals surface area contributed by atoms with Crippen molar-refractivity contribution in [1.82, 2.24) is 10.6 Å². The second-order valence-corrected chi connectivity index (χ2v) is 4.94. The normalized spacial score (nSPS) is 14.4. The zero-order chi connectivity index (χ0) is 13.5. The molecule has 1 aromatic rings. The zero-order valence-electron chi connectivity index (χ0n) is 12.2. The van der Waals surface area contributed by atoms with Crippen LogP contribution in [0.2, 0.25) is 0 Å². The van der Waals surface area contributed by atoms with Crippen molar-refractivity contribution in [2.24, 2.45) is 10.9 Å². The van der Waals surface area contributed by atoms with E-state index >= 15 is 0 Å². The Morgan fingerprint density at radius 2 is 2.15 bits per heavy atom. The molecule has 4 nitrogen and oxygen atoms in total. The van der Waals surface area contributed by atoms with Crippen LogP contribution in [0.3, 0.4) is 0 Å². The molecule has 2 rings (SSSR count). The molecule has 0 amide bonds. The molecule has 20 heavy (non-hydrogen) atoms. The van der Waals surface area contributed by atoms with E-state index in [1.165, 1.54) is 24.8 Å². The lowest BCUT2D eigenvalue weighted by molar-refractivity contribution is 0.414. The second kappa shape index (κ2) is 9.05. The van der Waals surface area contributed by atoms with Gasteiger partial charge >= 0.3 is 0 Å². The first-order valence-corrected chi connectivity index (χ1v) is 6.89. The van der Waals surface area contributed by atoms with Crippen molar-refractivity contribution >= 4 is 29.9 Å². The number of halogens is 1. The maximum atomic E-state index is 5.21. The van der Waals surface area contributed by atoms with Gasteiger partial charge in [-0.15, -0.1) is 24.0 Å². The maximum absolute atomic E-state index is 5.21. The zero-order valence-corrected chi connectivity index (χ0v) is 14.5. The molecule has 2 N–H and O–H groups in total. The molecule has 0 radical (unpaired) electrons. The van der Waals surface area contributed by atoms with Crippen molar-refractivity contribution in [2.75, 3.05) is 20.7 Å². The topological polar surface area (TPSA) is 45.7 Å². The first-order chi connectivity index (χ1) is 9.31. The Bertz CT molecular complexity index is 433. The van der Waals surface area contributed by atoms with E-state index in [1.54, 1.807) is 14.2 Å². The van der Waals surface area contributed by atoms with Gasteiger partial charge in [0, 0.05) is 20.1 Å². The highest BCUT2D eigenvalue weighted by Crippen LogP contribution is 2.31. The summed E-state index contributed by atoms with van der Waals surface area (Å²) in [5.41, 5.74) is 1.18. The van der Waals surface area contributed by atoms with Gasteiger partial charge in [-0.2, -0.15) is 0 Å². The number of hydrogen-bond donors (Lipinski definition) is 2. The van der Waals surface area contributed by atoms with Crippen LogP contribution in [0.4, 0.5) is 0 Å². The van der Waals surface area contributed by atoms with Gasteiger partial charge in [0.15, 0.2) is 5.96 Å². The Morgan fingerprint density at radius 3 is 2.80 bits per heavy atom. The van der Waals surface area contributed by atoms with Crippen LogP contribution in [0.5, 0.6) is 5.75 Å². The lowest BCUT2D eigenvalue weighted by atomic mass is 10.2. The Hall–Kier alpha value is -0.980. The van der Waals surface area contributed by atoms with Gasteiger partial charge in [-0.05, 0) is 30.0 Å². The highest BCUT2D eigenvalue weighted by molar-refractivity contribution is 14.0. The summed E-state index contributed by atoms with van der Waals surface area (Å²) in [6.45, 7) is 1.75. The summed E-state index contributed by atoms with van der Waals surface area (Å²) in [7, 11) is 3.49. The number of rotatable bonds is 6. The molecule has 112 valence electrons. The molecule has 1 aromatic carbocycles. The third-order valence-corrected chi connectivity index (χ3v) is 3.36. The van der Waals surface area contributed by atoms with Crippen LogP contribution < -0.4 is 15.4 Å². The number of nitrogens with one attached hydrogen (secondary N) is 2. The number of nitrogens with zero attached hydrogens (tertiary/aromatic N) is 1. The Morgan fingerprint density at radius 1 is 1.35 bits per heavy atom. The lowest BCUT2D eigenvalue weighted by Gasteiger charge is -2.12. The predicted octanol–water partition coefficient (Wildman–Crippen LogP) is 2.78. The molecule has 1 aliphatic carbocycles. The first-order valence-electron chi connectivity index (χ1n) is 6.89. The summed E-state index contributed by atoms with van der Waals surface area (Å²) in [5, 5.41) is 6.66. The van der Waals surface area contributed by atoms with Crippen LogP contribution >= 0.6 is 24.0 Å². The molecular weight excluding hydrogens is 365 g/mol. The van der Waals surface area contributed by atoms with Gasteiger partial charge in [-0.25, -0.2) is 0 Å². The fourth-order valence-electron chi connectivity index (χ4n) is 1.99. The lowest BCUT2D eigenvalue weighted by Crippen LogP contribution is -2.37. The average Bonchev–Trinajstić information content (AvgIpc) is 3.27. The van der Waals surface area contributed by atoms with Crippen molar-refractivity contribution < 1.29 is 4.74 Å². The first kappa shape index (κ1) is 17.1. The van der Waals surface area contributed by atoms with Gasteiger partial charge in [0.25, 0.3) is 0 Å². The fourth-order valence-corrected chi connectivity index (χ4v) is 1.99. The highest BCUT2D eigenvalue weighted by atomic mass is 127. The summed E-state index contributed by atoms with van der Waals surface area (Å²) >= 11 is 0. The molecule has 0 atom stereocenters. The van der Waals surface area contributed by atoms with Gasteiger partial charge in [0.05, 0.1) is 7.11 Å². The molecule has 0 heterocycles. The summed E-state index contributed by atoms with van der Waals surface area (Å²) in [6, 6.07) is 8.06. The Labute approximate surface area is 138 Å². The molecule has 0 spiro atoms. The van der Waals surface area contributed by atoms with E-state index < -0.39 is 0 Å². The monoisotopic (exact) mass is 389 g/mol. The molecule has 1 aliphatic rings. The molecule has 0 aliphatic heterocycles. The van der Waals surface area contributed by atoms with Crippen molar-refractivity contribution in [2.45, 2.75) is 25.8 Å². The largest absolute Gasteiger partial charge is 0.497 e. The van der Waals surface area contributed by atoms with Crippen molar-refractivity contribution in [3.63, 3.8) is 0 Å². The molecule has 0 unspecified atom stereocenters. The number of guanidine groups is 1. The SMILES string of the molecule is CN=C(NCCC1CC1)NCc1cccc(OC)c1.I. The third kappa shape index (κ3) is 5.98. The minimum Gasteiger partial charge on any atom is -0.497 e. The average molecular weight is 389 g/mol. The highest BCUT2D eigenvalue weighted by Gasteiger charge is 2.20. The molecular formula is C15H24IN3O. The summed E-state index contributed by atoms with van der Waals surface area (Å²) < 4.78 is 5.21. The Kier molecular flexibility index (Phi) is 7.72. The van der Waals surface area contributed by atoms with Crippen LogP contribution in [-0.4, -0.2) is 26.7 Å². The molecule has 5 heteroatoms. The van der Waals surface area contributed by atoms with E-state index in [0.29, 0.717) is 0 Å². The smallest absolute Gasteiger partial charge is 0.191 e. The van der Waals surface area contributed by atoms with Gasteiger partial charge in [0.1, 0.15) is 5.75 Å². The number of aliphatic imine (C=N–C) groups is 1. The summed E-state index contributed by atoms with van der Waals surface area (Å²) in [5.74, 6) is 2.70. The van der Waals surface area contributed by atoms with Gasteiger partial charge in [-0.1, -0.05) is 25.0 Å². The summed E-state index contributed by atoms with van der Waals surface area (Å²) in [4.78, 5) is 4.23.